The van der Waals surface area contributed by atoms with Crippen LogP contribution in [0.15, 0.2) is 30.3 Å². The third kappa shape index (κ3) is 1.59. The molecular weight excluding hydrogens is 200 g/mol. The van der Waals surface area contributed by atoms with Crippen LogP contribution >= 0.6 is 0 Å². The minimum Gasteiger partial charge on any atom is -0.508 e. The highest BCUT2D eigenvalue weighted by molar-refractivity contribution is 5.62. The van der Waals surface area contributed by atoms with E-state index in [0.29, 0.717) is 5.75 Å². The van der Waals surface area contributed by atoms with Crippen molar-refractivity contribution in [2.75, 3.05) is 6.54 Å². The molecule has 1 aromatic carbocycles. The van der Waals surface area contributed by atoms with Crippen molar-refractivity contribution in [2.24, 2.45) is 0 Å². The van der Waals surface area contributed by atoms with Crippen molar-refractivity contribution in [3.05, 3.63) is 41.6 Å². The van der Waals surface area contributed by atoms with Crippen LogP contribution in [-0.4, -0.2) is 16.6 Å². The van der Waals surface area contributed by atoms with E-state index in [1.807, 2.05) is 12.1 Å². The zero-order chi connectivity index (χ0) is 11.0. The van der Waals surface area contributed by atoms with Gasteiger partial charge in [0.1, 0.15) is 5.75 Å². The van der Waals surface area contributed by atoms with E-state index in [2.05, 4.69) is 16.4 Å². The maximum atomic E-state index is 9.25. The van der Waals surface area contributed by atoms with Crippen LogP contribution in [0.3, 0.4) is 0 Å². The minimum atomic E-state index is 0.307. The molecule has 2 aromatic rings. The molecule has 1 aromatic heterocycles. The lowest BCUT2D eigenvalue weighted by Crippen LogP contribution is -2.22. The lowest BCUT2D eigenvalue weighted by molar-refractivity contribution is 0.475. The molecule has 0 aliphatic carbocycles. The number of fused-ring (bicyclic) bond motifs is 1. The Morgan fingerprint density at radius 3 is 2.69 bits per heavy atom. The highest BCUT2D eigenvalue weighted by atomic mass is 16.3. The summed E-state index contributed by atoms with van der Waals surface area (Å²) in [5.74, 6) is 0.307. The first-order valence-corrected chi connectivity index (χ1v) is 5.54. The molecule has 0 radical (unpaired) electrons. The number of benzene rings is 1. The van der Waals surface area contributed by atoms with Gasteiger partial charge >= 0.3 is 0 Å². The Morgan fingerprint density at radius 1 is 1.12 bits per heavy atom. The number of rotatable bonds is 1. The molecule has 1 aliphatic heterocycles. The Balaban J connectivity index is 2.00. The fraction of sp³-hybridized carbons (Fsp3) is 0.231. The molecule has 0 fully saturated rings. The molecule has 0 unspecified atom stereocenters. The smallest absolute Gasteiger partial charge is 0.115 e. The standard InChI is InChI=1S/C13H14N2O/c16-11-3-1-9(2-4-11)12-7-10-5-6-14-8-13(10)15-12/h1-4,7,14-16H,5-6,8H2. The molecule has 1 aliphatic rings. The van der Waals surface area contributed by atoms with Gasteiger partial charge < -0.3 is 15.4 Å². The summed E-state index contributed by atoms with van der Waals surface area (Å²) in [5, 5.41) is 12.6. The number of phenols is 1. The van der Waals surface area contributed by atoms with Crippen LogP contribution in [0.1, 0.15) is 11.3 Å². The van der Waals surface area contributed by atoms with E-state index in [1.165, 1.54) is 11.3 Å². The van der Waals surface area contributed by atoms with Crippen molar-refractivity contribution in [1.82, 2.24) is 10.3 Å². The van der Waals surface area contributed by atoms with Crippen LogP contribution in [-0.2, 0) is 13.0 Å². The highest BCUT2D eigenvalue weighted by Crippen LogP contribution is 2.25. The zero-order valence-corrected chi connectivity index (χ0v) is 8.96. The summed E-state index contributed by atoms with van der Waals surface area (Å²) in [4.78, 5) is 3.43. The maximum Gasteiger partial charge on any atom is 0.115 e. The van der Waals surface area contributed by atoms with Gasteiger partial charge in [0.15, 0.2) is 0 Å². The van der Waals surface area contributed by atoms with Crippen molar-refractivity contribution >= 4 is 0 Å². The van der Waals surface area contributed by atoms with Crippen LogP contribution in [0.25, 0.3) is 11.3 Å². The molecule has 2 heterocycles. The molecule has 0 saturated heterocycles. The second-order valence-corrected chi connectivity index (χ2v) is 4.16. The molecule has 3 N–H and O–H groups in total. The molecule has 3 nitrogen and oxygen atoms in total. The van der Waals surface area contributed by atoms with Crippen LogP contribution in [0.4, 0.5) is 0 Å². The summed E-state index contributed by atoms with van der Waals surface area (Å²) < 4.78 is 0. The number of phenolic OH excluding ortho intramolecular Hbond substituents is 1. The minimum absolute atomic E-state index is 0.307. The molecule has 0 atom stereocenters. The predicted octanol–water partition coefficient (Wildman–Crippen LogP) is 2.03. The van der Waals surface area contributed by atoms with Gasteiger partial charge in [0, 0.05) is 17.9 Å². The Kier molecular flexibility index (Phi) is 2.18. The second-order valence-electron chi connectivity index (χ2n) is 4.16. The number of nitrogens with one attached hydrogen (secondary N) is 2. The fourth-order valence-electron chi connectivity index (χ4n) is 2.15. The van der Waals surface area contributed by atoms with Gasteiger partial charge in [-0.3, -0.25) is 0 Å². The summed E-state index contributed by atoms with van der Waals surface area (Å²) in [6, 6.07) is 9.50. The first-order valence-electron chi connectivity index (χ1n) is 5.54. The monoisotopic (exact) mass is 214 g/mol. The van der Waals surface area contributed by atoms with Gasteiger partial charge in [-0.1, -0.05) is 0 Å². The molecule has 3 heteroatoms. The fourth-order valence-corrected chi connectivity index (χ4v) is 2.15. The summed E-state index contributed by atoms with van der Waals surface area (Å²) in [7, 11) is 0. The second kappa shape index (κ2) is 3.68. The predicted molar refractivity (Wildman–Crippen MR) is 63.3 cm³/mol. The normalized spacial score (nSPS) is 14.8. The lowest BCUT2D eigenvalue weighted by atomic mass is 10.1. The van der Waals surface area contributed by atoms with Crippen LogP contribution in [0, 0.1) is 0 Å². The van der Waals surface area contributed by atoms with E-state index in [0.717, 1.165) is 30.8 Å². The summed E-state index contributed by atoms with van der Waals surface area (Å²) >= 11 is 0. The highest BCUT2D eigenvalue weighted by Gasteiger charge is 2.12. The van der Waals surface area contributed by atoms with Crippen LogP contribution in [0.2, 0.25) is 0 Å². The zero-order valence-electron chi connectivity index (χ0n) is 8.96. The van der Waals surface area contributed by atoms with Crippen molar-refractivity contribution in [2.45, 2.75) is 13.0 Å². The van der Waals surface area contributed by atoms with Gasteiger partial charge in [0.05, 0.1) is 0 Å². The van der Waals surface area contributed by atoms with Crippen LogP contribution in [0.5, 0.6) is 5.75 Å². The van der Waals surface area contributed by atoms with E-state index >= 15 is 0 Å². The average Bonchev–Trinajstić information content (AvgIpc) is 2.73. The van der Waals surface area contributed by atoms with Crippen molar-refractivity contribution in [1.29, 1.82) is 0 Å². The van der Waals surface area contributed by atoms with Crippen molar-refractivity contribution in [3.63, 3.8) is 0 Å². The number of hydrogen-bond donors (Lipinski definition) is 3. The Hall–Kier alpha value is -1.74. The summed E-state index contributed by atoms with van der Waals surface area (Å²) in [5.41, 5.74) is 4.94. The number of aromatic hydroxyl groups is 1. The number of aromatic nitrogens is 1. The van der Waals surface area contributed by atoms with E-state index in [4.69, 9.17) is 0 Å². The molecule has 3 rings (SSSR count). The van der Waals surface area contributed by atoms with Gasteiger partial charge in [-0.25, -0.2) is 0 Å². The summed E-state index contributed by atoms with van der Waals surface area (Å²) in [6.45, 7) is 1.98. The molecule has 82 valence electrons. The first-order chi connectivity index (χ1) is 7.83. The Labute approximate surface area is 94.1 Å². The largest absolute Gasteiger partial charge is 0.508 e. The van der Waals surface area contributed by atoms with E-state index in [9.17, 15) is 5.11 Å². The number of aromatic amines is 1. The van der Waals surface area contributed by atoms with Gasteiger partial charge in [-0.05, 0) is 54.4 Å². The average molecular weight is 214 g/mol. The topological polar surface area (TPSA) is 48.0 Å². The summed E-state index contributed by atoms with van der Waals surface area (Å²) in [6.07, 6.45) is 1.09. The maximum absolute atomic E-state index is 9.25. The van der Waals surface area contributed by atoms with E-state index < -0.39 is 0 Å². The first kappa shape index (κ1) is 9.48. The van der Waals surface area contributed by atoms with E-state index in [-0.39, 0.29) is 0 Å². The quantitative estimate of drug-likeness (QED) is 0.680. The van der Waals surface area contributed by atoms with Crippen molar-refractivity contribution in [3.8, 4) is 17.0 Å². The van der Waals surface area contributed by atoms with Gasteiger partial charge in [-0.2, -0.15) is 0 Å². The molecule has 16 heavy (non-hydrogen) atoms. The molecule has 0 saturated carbocycles. The third-order valence-corrected chi connectivity index (χ3v) is 3.04. The SMILES string of the molecule is Oc1ccc(-c2cc3c([nH]2)CNCC3)cc1. The van der Waals surface area contributed by atoms with Crippen LogP contribution < -0.4 is 5.32 Å². The Bertz CT molecular complexity index is 476. The molecule has 0 bridgehead atoms. The molecule has 0 amide bonds. The van der Waals surface area contributed by atoms with Gasteiger partial charge in [-0.15, -0.1) is 0 Å². The molecule has 0 spiro atoms. The number of hydrogen-bond acceptors (Lipinski definition) is 2. The lowest BCUT2D eigenvalue weighted by Gasteiger charge is -2.11. The molecular formula is C13H14N2O. The Morgan fingerprint density at radius 2 is 1.94 bits per heavy atom. The van der Waals surface area contributed by atoms with E-state index in [1.54, 1.807) is 12.1 Å². The van der Waals surface area contributed by atoms with Crippen molar-refractivity contribution < 1.29 is 5.11 Å². The number of H-pyrrole nitrogens is 1. The third-order valence-electron chi connectivity index (χ3n) is 3.04. The van der Waals surface area contributed by atoms with Gasteiger partial charge in [0.2, 0.25) is 0 Å². The van der Waals surface area contributed by atoms with Gasteiger partial charge in [0.25, 0.3) is 0 Å².